The molecule has 0 aliphatic heterocycles. The van der Waals surface area contributed by atoms with Crippen LogP contribution in [-0.2, 0) is 0 Å². The van der Waals surface area contributed by atoms with Gasteiger partial charge < -0.3 is 10.4 Å². The van der Waals surface area contributed by atoms with Crippen LogP contribution < -0.4 is 5.32 Å². The number of hydrogen-bond donors (Lipinski definition) is 2. The first-order valence-corrected chi connectivity index (χ1v) is 6.26. The van der Waals surface area contributed by atoms with E-state index in [9.17, 15) is 13.9 Å². The van der Waals surface area contributed by atoms with Crippen LogP contribution in [0.5, 0.6) is 0 Å². The molecule has 1 aromatic carbocycles. The van der Waals surface area contributed by atoms with Crippen LogP contribution in [0.25, 0.3) is 0 Å². The van der Waals surface area contributed by atoms with Gasteiger partial charge in [-0.15, -0.1) is 0 Å². The van der Waals surface area contributed by atoms with E-state index in [4.69, 9.17) is 0 Å². The number of halogens is 2. The molecule has 1 rings (SSSR count). The van der Waals surface area contributed by atoms with Crippen LogP contribution in [0.3, 0.4) is 0 Å². The largest absolute Gasteiger partial charge is 0.395 e. The Kier molecular flexibility index (Phi) is 5.69. The Balaban J connectivity index is 2.68. The Labute approximate surface area is 107 Å². The first kappa shape index (κ1) is 15.1. The maximum Gasteiger partial charge on any atom is 0.159 e. The maximum atomic E-state index is 13.1. The van der Waals surface area contributed by atoms with Crippen molar-refractivity contribution < 1.29 is 13.9 Å². The van der Waals surface area contributed by atoms with Gasteiger partial charge >= 0.3 is 0 Å². The molecule has 0 aromatic heterocycles. The standard InChI is InChI=1S/C14H21F2NO/c1-9(2)6-12(8-18)17-10(3)11-4-5-13(15)14(16)7-11/h4-5,7,9-10,12,17-18H,6,8H2,1-3H3. The van der Waals surface area contributed by atoms with Crippen LogP contribution in [0.1, 0.15) is 38.8 Å². The summed E-state index contributed by atoms with van der Waals surface area (Å²) in [6, 6.07) is 3.71. The number of aliphatic hydroxyl groups is 1. The first-order valence-electron chi connectivity index (χ1n) is 6.26. The van der Waals surface area contributed by atoms with Gasteiger partial charge in [-0.05, 0) is 37.0 Å². The highest BCUT2D eigenvalue weighted by atomic mass is 19.2. The van der Waals surface area contributed by atoms with E-state index in [-0.39, 0.29) is 18.7 Å². The number of rotatable bonds is 6. The summed E-state index contributed by atoms with van der Waals surface area (Å²) in [4.78, 5) is 0. The lowest BCUT2D eigenvalue weighted by molar-refractivity contribution is 0.215. The van der Waals surface area contributed by atoms with Gasteiger partial charge in [-0.25, -0.2) is 8.78 Å². The van der Waals surface area contributed by atoms with Crippen LogP contribution in [0.15, 0.2) is 18.2 Å². The Morgan fingerprint density at radius 3 is 2.33 bits per heavy atom. The maximum absolute atomic E-state index is 13.1. The van der Waals surface area contributed by atoms with Gasteiger partial charge in [-0.3, -0.25) is 0 Å². The van der Waals surface area contributed by atoms with Gasteiger partial charge in [0.15, 0.2) is 11.6 Å². The zero-order valence-corrected chi connectivity index (χ0v) is 11.1. The minimum absolute atomic E-state index is 0.0339. The Bertz CT molecular complexity index is 382. The lowest BCUT2D eigenvalue weighted by Crippen LogP contribution is -2.35. The van der Waals surface area contributed by atoms with E-state index in [1.165, 1.54) is 6.07 Å². The highest BCUT2D eigenvalue weighted by Gasteiger charge is 2.15. The minimum atomic E-state index is -0.842. The summed E-state index contributed by atoms with van der Waals surface area (Å²) in [5.41, 5.74) is 0.677. The zero-order chi connectivity index (χ0) is 13.7. The minimum Gasteiger partial charge on any atom is -0.395 e. The van der Waals surface area contributed by atoms with E-state index in [1.54, 1.807) is 6.07 Å². The number of hydrogen-bond acceptors (Lipinski definition) is 2. The third kappa shape index (κ3) is 4.35. The molecule has 0 radical (unpaired) electrons. The van der Waals surface area contributed by atoms with Crippen LogP contribution in [-0.4, -0.2) is 17.8 Å². The molecule has 18 heavy (non-hydrogen) atoms. The Hall–Kier alpha value is -1.00. The molecule has 1 aromatic rings. The van der Waals surface area contributed by atoms with Crippen molar-refractivity contribution >= 4 is 0 Å². The molecular formula is C14H21F2NO. The molecule has 2 N–H and O–H groups in total. The third-order valence-electron chi connectivity index (χ3n) is 2.91. The van der Waals surface area contributed by atoms with Gasteiger partial charge in [0.1, 0.15) is 0 Å². The van der Waals surface area contributed by atoms with Gasteiger partial charge in [0, 0.05) is 12.1 Å². The predicted octanol–water partition coefficient (Wildman–Crippen LogP) is 3.02. The van der Waals surface area contributed by atoms with Crippen LogP contribution in [0.4, 0.5) is 8.78 Å². The fraction of sp³-hybridized carbons (Fsp3) is 0.571. The summed E-state index contributed by atoms with van der Waals surface area (Å²) in [6.07, 6.45) is 0.838. The lowest BCUT2D eigenvalue weighted by atomic mass is 10.0. The molecule has 0 amide bonds. The molecule has 0 saturated heterocycles. The Morgan fingerprint density at radius 1 is 1.17 bits per heavy atom. The van der Waals surface area contributed by atoms with Gasteiger partial charge in [0.2, 0.25) is 0 Å². The molecule has 0 heterocycles. The zero-order valence-electron chi connectivity index (χ0n) is 11.1. The van der Waals surface area contributed by atoms with Crippen molar-refractivity contribution in [2.45, 2.75) is 39.3 Å². The monoisotopic (exact) mass is 257 g/mol. The van der Waals surface area contributed by atoms with Crippen molar-refractivity contribution in [3.8, 4) is 0 Å². The number of aliphatic hydroxyl groups excluding tert-OH is 1. The molecular weight excluding hydrogens is 236 g/mol. The molecule has 0 spiro atoms. The van der Waals surface area contributed by atoms with Crippen LogP contribution >= 0.6 is 0 Å². The van der Waals surface area contributed by atoms with Crippen molar-refractivity contribution in [1.29, 1.82) is 0 Å². The molecule has 0 aliphatic rings. The topological polar surface area (TPSA) is 32.3 Å². The van der Waals surface area contributed by atoms with Gasteiger partial charge in [0.25, 0.3) is 0 Å². The van der Waals surface area contributed by atoms with Gasteiger partial charge in [-0.2, -0.15) is 0 Å². The molecule has 2 nitrogen and oxygen atoms in total. The average Bonchev–Trinajstić information content (AvgIpc) is 2.31. The summed E-state index contributed by atoms with van der Waals surface area (Å²) in [6.45, 7) is 6.06. The van der Waals surface area contributed by atoms with Crippen molar-refractivity contribution in [1.82, 2.24) is 5.32 Å². The predicted molar refractivity (Wildman–Crippen MR) is 68.2 cm³/mol. The van der Waals surface area contributed by atoms with Crippen LogP contribution in [0, 0.1) is 17.6 Å². The first-order chi connectivity index (χ1) is 8.43. The van der Waals surface area contributed by atoms with Gasteiger partial charge in [-0.1, -0.05) is 19.9 Å². The average molecular weight is 257 g/mol. The molecule has 0 fully saturated rings. The van der Waals surface area contributed by atoms with Crippen LogP contribution in [0.2, 0.25) is 0 Å². The molecule has 4 heteroatoms. The molecule has 2 unspecified atom stereocenters. The van der Waals surface area contributed by atoms with E-state index in [0.29, 0.717) is 11.5 Å². The summed E-state index contributed by atoms with van der Waals surface area (Å²) in [5, 5.41) is 12.5. The van der Waals surface area contributed by atoms with E-state index in [2.05, 4.69) is 19.2 Å². The third-order valence-corrected chi connectivity index (χ3v) is 2.91. The molecule has 102 valence electrons. The van der Waals surface area contributed by atoms with Crippen molar-refractivity contribution in [3.05, 3.63) is 35.4 Å². The summed E-state index contributed by atoms with van der Waals surface area (Å²) >= 11 is 0. The summed E-state index contributed by atoms with van der Waals surface area (Å²) in [5.74, 6) is -1.22. The second kappa shape index (κ2) is 6.81. The number of nitrogens with one attached hydrogen (secondary N) is 1. The number of benzene rings is 1. The van der Waals surface area contributed by atoms with E-state index in [1.807, 2.05) is 6.92 Å². The quantitative estimate of drug-likeness (QED) is 0.821. The lowest BCUT2D eigenvalue weighted by Gasteiger charge is -2.23. The summed E-state index contributed by atoms with van der Waals surface area (Å²) in [7, 11) is 0. The molecule has 0 saturated carbocycles. The fourth-order valence-corrected chi connectivity index (χ4v) is 2.00. The Morgan fingerprint density at radius 2 is 1.83 bits per heavy atom. The second-order valence-electron chi connectivity index (χ2n) is 5.07. The van der Waals surface area contributed by atoms with E-state index in [0.717, 1.165) is 12.5 Å². The fourth-order valence-electron chi connectivity index (χ4n) is 2.00. The smallest absolute Gasteiger partial charge is 0.159 e. The van der Waals surface area contributed by atoms with E-state index >= 15 is 0 Å². The summed E-state index contributed by atoms with van der Waals surface area (Å²) < 4.78 is 25.9. The molecule has 0 aliphatic carbocycles. The van der Waals surface area contributed by atoms with Crippen molar-refractivity contribution in [2.24, 2.45) is 5.92 Å². The normalized spacial score (nSPS) is 14.8. The van der Waals surface area contributed by atoms with Crippen molar-refractivity contribution in [2.75, 3.05) is 6.61 Å². The SMILES string of the molecule is CC(C)CC(CO)NC(C)c1ccc(F)c(F)c1. The van der Waals surface area contributed by atoms with Crippen molar-refractivity contribution in [3.63, 3.8) is 0 Å². The second-order valence-corrected chi connectivity index (χ2v) is 5.07. The molecule has 0 bridgehead atoms. The van der Waals surface area contributed by atoms with Gasteiger partial charge in [0.05, 0.1) is 6.61 Å². The van der Waals surface area contributed by atoms with E-state index < -0.39 is 11.6 Å². The highest BCUT2D eigenvalue weighted by molar-refractivity contribution is 5.20. The molecule has 2 atom stereocenters. The highest BCUT2D eigenvalue weighted by Crippen LogP contribution is 2.17.